The zero-order valence-corrected chi connectivity index (χ0v) is 7.52. The monoisotopic (exact) mass is 225 g/mol. The molecule has 1 unspecified atom stereocenters. The third-order valence-corrected chi connectivity index (χ3v) is 2.05. The van der Waals surface area contributed by atoms with Gasteiger partial charge in [0, 0.05) is 6.21 Å². The predicted molar refractivity (Wildman–Crippen MR) is 46.9 cm³/mol. The van der Waals surface area contributed by atoms with Crippen LogP contribution in [-0.4, -0.2) is 12.1 Å². The molecule has 2 aliphatic heterocycles. The minimum absolute atomic E-state index is 0.257. The van der Waals surface area contributed by atoms with Gasteiger partial charge >= 0.3 is 0 Å². The lowest BCUT2D eigenvalue weighted by Gasteiger charge is -2.14. The molecular formula is C7H4BrN3O. The van der Waals surface area contributed by atoms with Crippen molar-refractivity contribution in [3.63, 3.8) is 0 Å². The lowest BCUT2D eigenvalue weighted by molar-refractivity contribution is -0.119. The summed E-state index contributed by atoms with van der Waals surface area (Å²) in [7, 11) is 0. The number of hydrogen-bond acceptors (Lipinski definition) is 3. The van der Waals surface area contributed by atoms with Crippen LogP contribution in [0.3, 0.4) is 0 Å². The largest absolute Gasteiger partial charge is 0.277 e. The van der Waals surface area contributed by atoms with Crippen LogP contribution in [0.25, 0.3) is 0 Å². The third-order valence-electron chi connectivity index (χ3n) is 1.62. The molecule has 0 aliphatic carbocycles. The summed E-state index contributed by atoms with van der Waals surface area (Å²) >= 11 is 3.21. The van der Waals surface area contributed by atoms with Crippen LogP contribution >= 0.6 is 15.9 Å². The first kappa shape index (κ1) is 7.54. The van der Waals surface area contributed by atoms with E-state index in [2.05, 4.69) is 31.2 Å². The molecule has 0 bridgehead atoms. The number of allylic oxidation sites excluding steroid dienone is 1. The molecule has 0 spiro atoms. The first-order chi connectivity index (χ1) is 5.77. The minimum Gasteiger partial charge on any atom is -0.270 e. The first-order valence-corrected chi connectivity index (χ1v) is 4.13. The number of carbonyl (C=O) groups is 1. The SMILES string of the molecule is O=C1N=NC=C2C=C(Br)N=CC12. The second-order valence-electron chi connectivity index (χ2n) is 2.41. The third kappa shape index (κ3) is 1.16. The molecule has 60 valence electrons. The van der Waals surface area contributed by atoms with Crippen LogP contribution in [0.1, 0.15) is 0 Å². The van der Waals surface area contributed by atoms with E-state index in [-0.39, 0.29) is 11.8 Å². The smallest absolute Gasteiger partial charge is 0.270 e. The van der Waals surface area contributed by atoms with Gasteiger partial charge in [-0.3, -0.25) is 9.79 Å². The van der Waals surface area contributed by atoms with Crippen LogP contribution in [0.15, 0.2) is 37.7 Å². The van der Waals surface area contributed by atoms with Gasteiger partial charge in [-0.05, 0) is 27.6 Å². The van der Waals surface area contributed by atoms with E-state index in [4.69, 9.17) is 0 Å². The van der Waals surface area contributed by atoms with Crippen molar-refractivity contribution in [3.05, 3.63) is 22.5 Å². The van der Waals surface area contributed by atoms with E-state index >= 15 is 0 Å². The number of aliphatic imine (C=N–C) groups is 1. The second kappa shape index (κ2) is 2.75. The Labute approximate surface area is 76.9 Å². The fourth-order valence-electron chi connectivity index (χ4n) is 1.03. The number of halogens is 1. The Morgan fingerprint density at radius 1 is 1.50 bits per heavy atom. The molecule has 0 saturated heterocycles. The van der Waals surface area contributed by atoms with Crippen LogP contribution in [0, 0.1) is 5.92 Å². The number of hydrogen-bond donors (Lipinski definition) is 0. The quantitative estimate of drug-likeness (QED) is 0.581. The summed E-state index contributed by atoms with van der Waals surface area (Å²) in [5, 5.41) is 6.98. The number of rotatable bonds is 0. The summed E-state index contributed by atoms with van der Waals surface area (Å²) in [6.45, 7) is 0. The number of fused-ring (bicyclic) bond motifs is 1. The molecule has 2 heterocycles. The number of nitrogens with zero attached hydrogens (tertiary/aromatic N) is 3. The Morgan fingerprint density at radius 3 is 3.17 bits per heavy atom. The zero-order valence-electron chi connectivity index (χ0n) is 5.94. The van der Waals surface area contributed by atoms with Gasteiger partial charge in [-0.15, -0.1) is 5.11 Å². The maximum atomic E-state index is 11.1. The van der Waals surface area contributed by atoms with Crippen molar-refractivity contribution < 1.29 is 4.79 Å². The number of amides is 1. The summed E-state index contributed by atoms with van der Waals surface area (Å²) in [6, 6.07) is 0. The van der Waals surface area contributed by atoms with Crippen LogP contribution in [0.2, 0.25) is 0 Å². The molecular weight excluding hydrogens is 222 g/mol. The highest BCUT2D eigenvalue weighted by atomic mass is 79.9. The molecule has 0 aromatic carbocycles. The fourth-order valence-corrected chi connectivity index (χ4v) is 1.42. The van der Waals surface area contributed by atoms with Crippen LogP contribution in [-0.2, 0) is 4.79 Å². The van der Waals surface area contributed by atoms with E-state index in [0.29, 0.717) is 4.61 Å². The number of azo groups is 1. The fraction of sp³-hybridized carbons (Fsp3) is 0.143. The van der Waals surface area contributed by atoms with Gasteiger partial charge in [-0.25, -0.2) is 0 Å². The summed E-state index contributed by atoms with van der Waals surface area (Å²) in [5.74, 6) is -0.587. The molecule has 0 N–H and O–H groups in total. The zero-order chi connectivity index (χ0) is 8.55. The van der Waals surface area contributed by atoms with E-state index < -0.39 is 0 Å². The van der Waals surface area contributed by atoms with Gasteiger partial charge in [0.25, 0.3) is 5.91 Å². The van der Waals surface area contributed by atoms with Crippen molar-refractivity contribution in [1.82, 2.24) is 0 Å². The molecule has 0 saturated carbocycles. The van der Waals surface area contributed by atoms with Crippen LogP contribution in [0.4, 0.5) is 0 Å². The summed E-state index contributed by atoms with van der Waals surface area (Å²) in [6.07, 6.45) is 4.90. The molecule has 2 aliphatic rings. The van der Waals surface area contributed by atoms with Gasteiger partial charge in [0.05, 0.1) is 6.20 Å². The standard InChI is InChI=1S/C7H4BrN3O/c8-6-1-4-2-10-11-7(12)5(4)3-9-6/h1-3,5H. The lowest BCUT2D eigenvalue weighted by Crippen LogP contribution is -2.19. The van der Waals surface area contributed by atoms with E-state index in [1.165, 1.54) is 0 Å². The van der Waals surface area contributed by atoms with E-state index in [0.717, 1.165) is 5.57 Å². The molecule has 0 radical (unpaired) electrons. The van der Waals surface area contributed by atoms with Crippen molar-refractivity contribution in [3.8, 4) is 0 Å². The Morgan fingerprint density at radius 2 is 2.33 bits per heavy atom. The van der Waals surface area contributed by atoms with Crippen molar-refractivity contribution in [2.45, 2.75) is 0 Å². The molecule has 2 rings (SSSR count). The Hall–Kier alpha value is -1.10. The Balaban J connectivity index is 2.43. The van der Waals surface area contributed by atoms with Gasteiger partial charge in [0.1, 0.15) is 10.5 Å². The molecule has 0 aromatic rings. The van der Waals surface area contributed by atoms with Crippen LogP contribution in [0.5, 0.6) is 0 Å². The van der Waals surface area contributed by atoms with Gasteiger partial charge < -0.3 is 0 Å². The van der Waals surface area contributed by atoms with Gasteiger partial charge in [-0.2, -0.15) is 5.11 Å². The topological polar surface area (TPSA) is 54.1 Å². The average molecular weight is 226 g/mol. The lowest BCUT2D eigenvalue weighted by atomic mass is 9.98. The Bertz CT molecular complexity index is 354. The highest BCUT2D eigenvalue weighted by Crippen LogP contribution is 2.25. The van der Waals surface area contributed by atoms with Crippen molar-refractivity contribution in [2.24, 2.45) is 21.1 Å². The van der Waals surface area contributed by atoms with Crippen molar-refractivity contribution >= 4 is 28.1 Å². The van der Waals surface area contributed by atoms with Gasteiger partial charge in [-0.1, -0.05) is 0 Å². The Kier molecular flexibility index (Phi) is 1.73. The predicted octanol–water partition coefficient (Wildman–Crippen LogP) is 1.80. The first-order valence-electron chi connectivity index (χ1n) is 3.33. The maximum Gasteiger partial charge on any atom is 0.277 e. The summed E-state index contributed by atoms with van der Waals surface area (Å²) < 4.78 is 0.704. The molecule has 0 fully saturated rings. The summed E-state index contributed by atoms with van der Waals surface area (Å²) in [5.41, 5.74) is 0.830. The average Bonchev–Trinajstić information content (AvgIpc) is 2.04. The normalized spacial score (nSPS) is 26.4. The van der Waals surface area contributed by atoms with Gasteiger partial charge in [0.2, 0.25) is 0 Å². The highest BCUT2D eigenvalue weighted by molar-refractivity contribution is 9.11. The second-order valence-corrected chi connectivity index (χ2v) is 3.22. The van der Waals surface area contributed by atoms with Gasteiger partial charge in [0.15, 0.2) is 0 Å². The molecule has 4 nitrogen and oxygen atoms in total. The van der Waals surface area contributed by atoms with E-state index in [9.17, 15) is 4.79 Å². The molecule has 0 aromatic heterocycles. The molecule has 1 amide bonds. The molecule has 12 heavy (non-hydrogen) atoms. The summed E-state index contributed by atoms with van der Waals surface area (Å²) in [4.78, 5) is 15.1. The molecule has 1 atom stereocenters. The number of carbonyl (C=O) groups excluding carboxylic acids is 1. The molecule has 5 heteroatoms. The van der Waals surface area contributed by atoms with Crippen molar-refractivity contribution in [2.75, 3.05) is 0 Å². The highest BCUT2D eigenvalue weighted by Gasteiger charge is 2.24. The van der Waals surface area contributed by atoms with Crippen LogP contribution < -0.4 is 0 Å². The van der Waals surface area contributed by atoms with Crippen molar-refractivity contribution in [1.29, 1.82) is 0 Å². The van der Waals surface area contributed by atoms with E-state index in [1.54, 1.807) is 18.5 Å². The van der Waals surface area contributed by atoms with E-state index in [1.807, 2.05) is 0 Å². The minimum atomic E-state index is -0.330. The maximum absolute atomic E-state index is 11.1.